The van der Waals surface area contributed by atoms with Gasteiger partial charge in [-0.15, -0.1) is 0 Å². The lowest BCUT2D eigenvalue weighted by Crippen LogP contribution is -2.33. The summed E-state index contributed by atoms with van der Waals surface area (Å²) < 4.78 is 4.87. The SMILES string of the molecule is Cc1ccc(C)c2c1C(=O)N(CCOCC(=O)O)C2=O. The molecule has 0 bridgehead atoms. The molecule has 2 amide bonds. The van der Waals surface area contributed by atoms with Gasteiger partial charge in [0.2, 0.25) is 0 Å². The summed E-state index contributed by atoms with van der Waals surface area (Å²) in [4.78, 5) is 35.9. The van der Waals surface area contributed by atoms with Crippen LogP contribution in [0.5, 0.6) is 0 Å². The maximum Gasteiger partial charge on any atom is 0.329 e. The Bertz CT molecular complexity index is 552. The maximum atomic E-state index is 12.2. The highest BCUT2D eigenvalue weighted by Gasteiger charge is 2.37. The first-order chi connectivity index (χ1) is 9.43. The quantitative estimate of drug-likeness (QED) is 0.641. The van der Waals surface area contributed by atoms with Crippen molar-refractivity contribution in [3.8, 4) is 0 Å². The van der Waals surface area contributed by atoms with Crippen molar-refractivity contribution in [2.24, 2.45) is 0 Å². The van der Waals surface area contributed by atoms with E-state index in [2.05, 4.69) is 0 Å². The largest absolute Gasteiger partial charge is 0.480 e. The summed E-state index contributed by atoms with van der Waals surface area (Å²) in [5.41, 5.74) is 2.40. The van der Waals surface area contributed by atoms with Gasteiger partial charge in [-0.2, -0.15) is 0 Å². The van der Waals surface area contributed by atoms with Crippen molar-refractivity contribution in [1.29, 1.82) is 0 Å². The van der Waals surface area contributed by atoms with Crippen LogP contribution in [0.1, 0.15) is 31.8 Å². The minimum Gasteiger partial charge on any atom is -0.480 e. The lowest BCUT2D eigenvalue weighted by Gasteiger charge is -2.13. The molecular weight excluding hydrogens is 262 g/mol. The van der Waals surface area contributed by atoms with E-state index < -0.39 is 12.6 Å². The van der Waals surface area contributed by atoms with Crippen LogP contribution in [0.4, 0.5) is 0 Å². The first kappa shape index (κ1) is 14.2. The van der Waals surface area contributed by atoms with Crippen molar-refractivity contribution >= 4 is 17.8 Å². The summed E-state index contributed by atoms with van der Waals surface area (Å²) in [6.45, 7) is 3.19. The van der Waals surface area contributed by atoms with Gasteiger partial charge in [-0.25, -0.2) is 4.79 Å². The molecule has 106 valence electrons. The first-order valence-corrected chi connectivity index (χ1v) is 6.19. The molecule has 20 heavy (non-hydrogen) atoms. The molecule has 1 aromatic carbocycles. The number of rotatable bonds is 5. The van der Waals surface area contributed by atoms with Crippen LogP contribution in [0.15, 0.2) is 12.1 Å². The number of amides is 2. The smallest absolute Gasteiger partial charge is 0.329 e. The number of aliphatic carboxylic acids is 1. The van der Waals surface area contributed by atoms with Gasteiger partial charge >= 0.3 is 5.97 Å². The van der Waals surface area contributed by atoms with Crippen molar-refractivity contribution in [1.82, 2.24) is 4.90 Å². The number of hydrogen-bond acceptors (Lipinski definition) is 4. The summed E-state index contributed by atoms with van der Waals surface area (Å²) in [7, 11) is 0. The van der Waals surface area contributed by atoms with Gasteiger partial charge in [0.1, 0.15) is 6.61 Å². The summed E-state index contributed by atoms with van der Waals surface area (Å²) >= 11 is 0. The third-order valence-electron chi connectivity index (χ3n) is 3.22. The molecule has 1 N–H and O–H groups in total. The van der Waals surface area contributed by atoms with E-state index >= 15 is 0 Å². The Balaban J connectivity index is 2.14. The third-order valence-corrected chi connectivity index (χ3v) is 3.22. The van der Waals surface area contributed by atoms with Crippen molar-refractivity contribution < 1.29 is 24.2 Å². The number of ether oxygens (including phenoxy) is 1. The second kappa shape index (κ2) is 5.42. The average molecular weight is 277 g/mol. The van der Waals surface area contributed by atoms with Crippen molar-refractivity contribution in [2.45, 2.75) is 13.8 Å². The Hall–Kier alpha value is -2.21. The molecule has 0 saturated heterocycles. The standard InChI is InChI=1S/C14H15NO5/c1-8-3-4-9(2)12-11(8)13(18)15(14(12)19)5-6-20-7-10(16)17/h3-4H,5-7H2,1-2H3,(H,16,17). The van der Waals surface area contributed by atoms with Crippen LogP contribution in [0.3, 0.4) is 0 Å². The van der Waals surface area contributed by atoms with E-state index in [1.807, 2.05) is 12.1 Å². The van der Waals surface area contributed by atoms with Gasteiger partial charge in [-0.1, -0.05) is 12.1 Å². The van der Waals surface area contributed by atoms with E-state index in [9.17, 15) is 14.4 Å². The maximum absolute atomic E-state index is 12.2. The number of carboxylic acid groups (broad SMARTS) is 1. The zero-order valence-corrected chi connectivity index (χ0v) is 11.3. The van der Waals surface area contributed by atoms with Crippen molar-refractivity contribution in [2.75, 3.05) is 19.8 Å². The minimum atomic E-state index is -1.08. The zero-order chi connectivity index (χ0) is 14.9. The summed E-state index contributed by atoms with van der Waals surface area (Å²) in [6.07, 6.45) is 0. The van der Waals surface area contributed by atoms with Crippen LogP contribution >= 0.6 is 0 Å². The van der Waals surface area contributed by atoms with Crippen molar-refractivity contribution in [3.05, 3.63) is 34.4 Å². The average Bonchev–Trinajstić information content (AvgIpc) is 2.63. The number of imide groups is 1. The molecule has 1 aliphatic rings. The molecule has 0 fully saturated rings. The molecule has 6 nitrogen and oxygen atoms in total. The van der Waals surface area contributed by atoms with Crippen molar-refractivity contribution in [3.63, 3.8) is 0 Å². The molecule has 0 spiro atoms. The predicted octanol–water partition coefficient (Wildman–Crippen LogP) is 1.00. The lowest BCUT2D eigenvalue weighted by molar-refractivity contribution is -0.142. The van der Waals surface area contributed by atoms with Gasteiger partial charge in [0.05, 0.1) is 24.3 Å². The molecule has 1 aromatic rings. The number of carbonyl (C=O) groups excluding carboxylic acids is 2. The highest BCUT2D eigenvalue weighted by atomic mass is 16.5. The van der Waals surface area contributed by atoms with Gasteiger partial charge in [-0.3, -0.25) is 14.5 Å². The van der Waals surface area contributed by atoms with Crippen LogP contribution in [-0.4, -0.2) is 47.5 Å². The highest BCUT2D eigenvalue weighted by Crippen LogP contribution is 2.28. The Kier molecular flexibility index (Phi) is 3.85. The summed E-state index contributed by atoms with van der Waals surface area (Å²) in [5, 5.41) is 8.45. The van der Waals surface area contributed by atoms with Crippen LogP contribution in [0, 0.1) is 13.8 Å². The van der Waals surface area contributed by atoms with Gasteiger partial charge in [0.25, 0.3) is 11.8 Å². The Morgan fingerprint density at radius 1 is 1.15 bits per heavy atom. The molecule has 0 saturated carbocycles. The van der Waals surface area contributed by atoms with Gasteiger partial charge in [0.15, 0.2) is 0 Å². The zero-order valence-electron chi connectivity index (χ0n) is 11.3. The molecular formula is C14H15NO5. The molecule has 1 heterocycles. The number of carbonyl (C=O) groups is 3. The summed E-state index contributed by atoms with van der Waals surface area (Å²) in [6, 6.07) is 3.62. The molecule has 0 radical (unpaired) electrons. The number of fused-ring (bicyclic) bond motifs is 1. The number of carboxylic acids is 1. The molecule has 0 aromatic heterocycles. The fourth-order valence-electron chi connectivity index (χ4n) is 2.24. The number of hydrogen-bond donors (Lipinski definition) is 1. The monoisotopic (exact) mass is 277 g/mol. The Morgan fingerprint density at radius 2 is 1.65 bits per heavy atom. The van der Waals surface area contributed by atoms with E-state index in [1.54, 1.807) is 13.8 Å². The molecule has 0 aliphatic carbocycles. The van der Waals surface area contributed by atoms with E-state index in [-0.39, 0.29) is 25.0 Å². The summed E-state index contributed by atoms with van der Waals surface area (Å²) in [5.74, 6) is -1.77. The number of benzene rings is 1. The Labute approximate surface area is 115 Å². The third kappa shape index (κ3) is 2.42. The normalized spacial score (nSPS) is 13.8. The van der Waals surface area contributed by atoms with Crippen LogP contribution < -0.4 is 0 Å². The van der Waals surface area contributed by atoms with E-state index in [0.29, 0.717) is 11.1 Å². The molecule has 6 heteroatoms. The number of nitrogens with zero attached hydrogens (tertiary/aromatic N) is 1. The van der Waals surface area contributed by atoms with Gasteiger partial charge < -0.3 is 9.84 Å². The minimum absolute atomic E-state index is 0.00979. The molecule has 1 aliphatic heterocycles. The van der Waals surface area contributed by atoms with E-state index in [1.165, 1.54) is 0 Å². The van der Waals surface area contributed by atoms with E-state index in [4.69, 9.17) is 9.84 Å². The van der Waals surface area contributed by atoms with Crippen LogP contribution in [0.25, 0.3) is 0 Å². The van der Waals surface area contributed by atoms with E-state index in [0.717, 1.165) is 16.0 Å². The van der Waals surface area contributed by atoms with Crippen LogP contribution in [-0.2, 0) is 9.53 Å². The highest BCUT2D eigenvalue weighted by molar-refractivity contribution is 6.22. The van der Waals surface area contributed by atoms with Gasteiger partial charge in [0, 0.05) is 0 Å². The topological polar surface area (TPSA) is 83.9 Å². The predicted molar refractivity (Wildman–Crippen MR) is 69.7 cm³/mol. The molecule has 0 atom stereocenters. The fraction of sp³-hybridized carbons (Fsp3) is 0.357. The first-order valence-electron chi connectivity index (χ1n) is 6.19. The lowest BCUT2D eigenvalue weighted by atomic mass is 9.99. The second-order valence-electron chi connectivity index (χ2n) is 4.66. The molecule has 2 rings (SSSR count). The Morgan fingerprint density at radius 3 is 2.10 bits per heavy atom. The fourth-order valence-corrected chi connectivity index (χ4v) is 2.24. The van der Waals surface area contributed by atoms with Crippen LogP contribution in [0.2, 0.25) is 0 Å². The van der Waals surface area contributed by atoms with Gasteiger partial charge in [-0.05, 0) is 25.0 Å². The molecule has 0 unspecified atom stereocenters. The number of aryl methyl sites for hydroxylation is 2. The second-order valence-corrected chi connectivity index (χ2v) is 4.66.